The van der Waals surface area contributed by atoms with Crippen molar-refractivity contribution < 1.29 is 40.7 Å². The Balaban J connectivity index is 1.72. The molecule has 11 heteroatoms. The molecule has 2 aromatic carbocycles. The monoisotopic (exact) mass is 573 g/mol. The van der Waals surface area contributed by atoms with Gasteiger partial charge in [0.2, 0.25) is 11.8 Å². The van der Waals surface area contributed by atoms with Crippen LogP contribution in [0.3, 0.4) is 0 Å². The standard InChI is InChI=1S/C25H18BrF6NO3/c1-12-5-6-14(8-19(34)13-3-2-4-17(26)7-13)21-20(12)22(35)33(23(21)36)18-10-15(24(27,28)29)9-16(11-18)25(30,31)32/h2-7,9-12,14,20-21H,8H2,1H3/t12-,14-,20?,21?/m1/s1. The Kier molecular flexibility index (Phi) is 6.65. The number of hydrogen-bond donors (Lipinski definition) is 0. The third kappa shape index (κ3) is 4.85. The first-order chi connectivity index (χ1) is 16.7. The van der Waals surface area contributed by atoms with Crippen molar-refractivity contribution in [1.29, 1.82) is 0 Å². The zero-order valence-electron chi connectivity index (χ0n) is 18.5. The topological polar surface area (TPSA) is 54.5 Å². The Bertz CT molecular complexity index is 1240. The van der Waals surface area contributed by atoms with Gasteiger partial charge in [-0.05, 0) is 42.2 Å². The van der Waals surface area contributed by atoms with Gasteiger partial charge in [0.05, 0.1) is 28.7 Å². The fourth-order valence-corrected chi connectivity index (χ4v) is 5.18. The summed E-state index contributed by atoms with van der Waals surface area (Å²) in [5.41, 5.74) is -3.70. The average molecular weight is 574 g/mol. The second kappa shape index (κ2) is 9.17. The molecular weight excluding hydrogens is 556 g/mol. The van der Waals surface area contributed by atoms with Crippen LogP contribution in [-0.4, -0.2) is 17.6 Å². The molecule has 4 nitrogen and oxygen atoms in total. The number of benzene rings is 2. The Morgan fingerprint density at radius 1 is 0.889 bits per heavy atom. The number of rotatable bonds is 4. The van der Waals surface area contributed by atoms with E-state index in [1.165, 1.54) is 0 Å². The number of imide groups is 1. The van der Waals surface area contributed by atoms with Gasteiger partial charge in [-0.25, -0.2) is 4.90 Å². The molecule has 2 unspecified atom stereocenters. The molecule has 2 aliphatic rings. The van der Waals surface area contributed by atoms with E-state index in [4.69, 9.17) is 0 Å². The van der Waals surface area contributed by atoms with Gasteiger partial charge in [0, 0.05) is 16.5 Å². The molecule has 0 aromatic heterocycles. The van der Waals surface area contributed by atoms with Gasteiger partial charge in [0.25, 0.3) is 0 Å². The summed E-state index contributed by atoms with van der Waals surface area (Å²) in [6.45, 7) is 1.63. The number of Topliss-reactive ketones (excluding diaryl/α,β-unsaturated/α-hetero) is 1. The van der Waals surface area contributed by atoms with Crippen LogP contribution in [0.4, 0.5) is 32.0 Å². The highest BCUT2D eigenvalue weighted by Gasteiger charge is 2.54. The second-order valence-corrected chi connectivity index (χ2v) is 9.79. The number of hydrogen-bond acceptors (Lipinski definition) is 3. The third-order valence-electron chi connectivity index (χ3n) is 6.49. The van der Waals surface area contributed by atoms with E-state index >= 15 is 0 Å². The van der Waals surface area contributed by atoms with Gasteiger partial charge >= 0.3 is 12.4 Å². The van der Waals surface area contributed by atoms with Crippen molar-refractivity contribution in [1.82, 2.24) is 0 Å². The molecule has 0 N–H and O–H groups in total. The van der Waals surface area contributed by atoms with Gasteiger partial charge in [0.1, 0.15) is 0 Å². The molecule has 190 valence electrons. The second-order valence-electron chi connectivity index (χ2n) is 8.87. The molecule has 36 heavy (non-hydrogen) atoms. The smallest absolute Gasteiger partial charge is 0.294 e. The Morgan fingerprint density at radius 3 is 2.03 bits per heavy atom. The van der Waals surface area contributed by atoms with Gasteiger partial charge in [0.15, 0.2) is 5.78 Å². The first-order valence-electron chi connectivity index (χ1n) is 10.8. The molecule has 1 saturated heterocycles. The SMILES string of the molecule is C[C@@H]1C=C[C@H](CC(=O)c2cccc(Br)c2)C2C(=O)N(c3cc(C(F)(F)F)cc(C(F)(F)F)c3)C(=O)C21. The van der Waals surface area contributed by atoms with Crippen LogP contribution < -0.4 is 4.90 Å². The maximum atomic E-state index is 13.4. The maximum Gasteiger partial charge on any atom is 0.416 e. The van der Waals surface area contributed by atoms with Gasteiger partial charge in [-0.1, -0.05) is 47.1 Å². The first kappa shape index (κ1) is 26.1. The Labute approximate surface area is 210 Å². The van der Waals surface area contributed by atoms with Crippen molar-refractivity contribution in [2.24, 2.45) is 23.7 Å². The van der Waals surface area contributed by atoms with E-state index < -0.39 is 64.7 Å². The largest absolute Gasteiger partial charge is 0.416 e. The van der Waals surface area contributed by atoms with E-state index in [-0.39, 0.29) is 18.3 Å². The van der Waals surface area contributed by atoms with E-state index in [2.05, 4.69) is 15.9 Å². The van der Waals surface area contributed by atoms with Crippen molar-refractivity contribution in [2.75, 3.05) is 4.90 Å². The van der Waals surface area contributed by atoms with Crippen molar-refractivity contribution >= 4 is 39.2 Å². The first-order valence-corrected chi connectivity index (χ1v) is 11.6. The predicted octanol–water partition coefficient (Wildman–Crippen LogP) is 6.69. The maximum absolute atomic E-state index is 13.4. The molecule has 0 bridgehead atoms. The summed E-state index contributed by atoms with van der Waals surface area (Å²) in [7, 11) is 0. The molecule has 4 rings (SSSR count). The van der Waals surface area contributed by atoms with Crippen molar-refractivity contribution in [3.8, 4) is 0 Å². The summed E-state index contributed by atoms with van der Waals surface area (Å²) in [6.07, 6.45) is -7.18. The minimum Gasteiger partial charge on any atom is -0.294 e. The molecule has 1 fully saturated rings. The minimum absolute atomic E-state index is 0.0643. The summed E-state index contributed by atoms with van der Waals surface area (Å²) in [6, 6.07) is 7.20. The van der Waals surface area contributed by atoms with E-state index in [0.717, 1.165) is 0 Å². The number of amides is 2. The zero-order valence-corrected chi connectivity index (χ0v) is 20.1. The molecule has 1 aliphatic carbocycles. The highest BCUT2D eigenvalue weighted by atomic mass is 79.9. The van der Waals surface area contributed by atoms with E-state index in [1.54, 1.807) is 43.3 Å². The lowest BCUT2D eigenvalue weighted by atomic mass is 9.70. The summed E-state index contributed by atoms with van der Waals surface area (Å²) < 4.78 is 80.8. The molecule has 2 aromatic rings. The van der Waals surface area contributed by atoms with E-state index in [0.29, 0.717) is 27.1 Å². The van der Waals surface area contributed by atoms with Crippen LogP contribution in [0.5, 0.6) is 0 Å². The summed E-state index contributed by atoms with van der Waals surface area (Å²) in [5.74, 6) is -5.54. The molecule has 4 atom stereocenters. The lowest BCUT2D eigenvalue weighted by molar-refractivity contribution is -0.143. The Hall–Kier alpha value is -2.95. The van der Waals surface area contributed by atoms with Crippen LogP contribution in [0.1, 0.15) is 34.8 Å². The molecular formula is C25H18BrF6NO3. The van der Waals surface area contributed by atoms with Crippen molar-refractivity contribution in [2.45, 2.75) is 25.7 Å². The van der Waals surface area contributed by atoms with Gasteiger partial charge in [-0.2, -0.15) is 26.3 Å². The number of halogens is 7. The van der Waals surface area contributed by atoms with Crippen molar-refractivity contribution in [3.05, 3.63) is 75.8 Å². The predicted molar refractivity (Wildman–Crippen MR) is 121 cm³/mol. The number of anilines is 1. The zero-order chi connectivity index (χ0) is 26.6. The van der Waals surface area contributed by atoms with E-state index in [9.17, 15) is 40.7 Å². The van der Waals surface area contributed by atoms with Crippen LogP contribution in [0.15, 0.2) is 59.1 Å². The minimum atomic E-state index is -5.14. The van der Waals surface area contributed by atoms with Gasteiger partial charge < -0.3 is 0 Å². The molecule has 1 heterocycles. The molecule has 0 spiro atoms. The third-order valence-corrected chi connectivity index (χ3v) is 6.98. The number of allylic oxidation sites excluding steroid dienone is 2. The summed E-state index contributed by atoms with van der Waals surface area (Å²) in [5, 5.41) is 0. The number of carbonyl (C=O) groups excluding carboxylic acids is 3. The number of alkyl halides is 6. The molecule has 2 amide bonds. The molecule has 0 saturated carbocycles. The normalized spacial score (nSPS) is 24.3. The average Bonchev–Trinajstić information content (AvgIpc) is 3.05. The van der Waals surface area contributed by atoms with E-state index in [1.807, 2.05) is 0 Å². The summed E-state index contributed by atoms with van der Waals surface area (Å²) >= 11 is 3.27. The number of fused-ring (bicyclic) bond motifs is 1. The quantitative estimate of drug-likeness (QED) is 0.177. The van der Waals surface area contributed by atoms with Crippen LogP contribution >= 0.6 is 15.9 Å². The number of carbonyl (C=O) groups is 3. The number of ketones is 1. The van der Waals surface area contributed by atoms with Crippen molar-refractivity contribution in [3.63, 3.8) is 0 Å². The fourth-order valence-electron chi connectivity index (χ4n) is 4.78. The fraction of sp³-hybridized carbons (Fsp3) is 0.320. The Morgan fingerprint density at radius 2 is 1.47 bits per heavy atom. The summed E-state index contributed by atoms with van der Waals surface area (Å²) in [4.78, 5) is 39.9. The lowest BCUT2D eigenvalue weighted by Crippen LogP contribution is -2.34. The van der Waals surface area contributed by atoms with Crippen LogP contribution in [0.2, 0.25) is 0 Å². The lowest BCUT2D eigenvalue weighted by Gasteiger charge is -2.29. The highest BCUT2D eigenvalue weighted by Crippen LogP contribution is 2.46. The van der Waals surface area contributed by atoms with Gasteiger partial charge in [-0.3, -0.25) is 14.4 Å². The van der Waals surface area contributed by atoms with Gasteiger partial charge in [-0.15, -0.1) is 0 Å². The highest BCUT2D eigenvalue weighted by molar-refractivity contribution is 9.10. The molecule has 1 aliphatic heterocycles. The number of nitrogens with zero attached hydrogens (tertiary/aromatic N) is 1. The molecule has 0 radical (unpaired) electrons. The van der Waals surface area contributed by atoms with Crippen LogP contribution in [0.25, 0.3) is 0 Å². The van der Waals surface area contributed by atoms with Crippen LogP contribution in [-0.2, 0) is 21.9 Å². The van der Waals surface area contributed by atoms with Crippen LogP contribution in [0, 0.1) is 23.7 Å².